The van der Waals surface area contributed by atoms with E-state index in [9.17, 15) is 22.0 Å². The second-order valence-corrected chi connectivity index (χ2v) is 6.82. The third kappa shape index (κ3) is 3.10. The number of benzene rings is 1. The SMILES string of the molecule is O=C(CNS(=O)(=O)c1c(F)cccc1F)N1Cc2cncnc2C1. The van der Waals surface area contributed by atoms with Gasteiger partial charge in [0.05, 0.1) is 18.8 Å². The van der Waals surface area contributed by atoms with Crippen molar-refractivity contribution in [3.05, 3.63) is 53.6 Å². The summed E-state index contributed by atoms with van der Waals surface area (Å²) in [4.78, 5) is 20.3. The Morgan fingerprint density at radius 3 is 2.62 bits per heavy atom. The molecule has 0 saturated carbocycles. The van der Waals surface area contributed by atoms with Crippen molar-refractivity contribution in [2.24, 2.45) is 0 Å². The third-order valence-corrected chi connectivity index (χ3v) is 4.99. The van der Waals surface area contributed by atoms with Crippen LogP contribution in [0.1, 0.15) is 11.3 Å². The zero-order valence-electron chi connectivity index (χ0n) is 12.2. The number of aromatic nitrogens is 2. The average Bonchev–Trinajstić information content (AvgIpc) is 2.96. The second-order valence-electron chi connectivity index (χ2n) is 5.12. The molecule has 126 valence electrons. The summed E-state index contributed by atoms with van der Waals surface area (Å²) in [5.41, 5.74) is 1.45. The molecule has 0 spiro atoms. The highest BCUT2D eigenvalue weighted by Crippen LogP contribution is 2.20. The summed E-state index contributed by atoms with van der Waals surface area (Å²) in [6.07, 6.45) is 2.94. The number of nitrogens with one attached hydrogen (secondary N) is 1. The average molecular weight is 354 g/mol. The van der Waals surface area contributed by atoms with Gasteiger partial charge >= 0.3 is 0 Å². The predicted octanol–water partition coefficient (Wildman–Crippen LogP) is 0.576. The topological polar surface area (TPSA) is 92.3 Å². The quantitative estimate of drug-likeness (QED) is 0.867. The fraction of sp³-hybridized carbons (Fsp3) is 0.214. The molecule has 0 radical (unpaired) electrons. The Morgan fingerprint density at radius 1 is 1.25 bits per heavy atom. The number of nitrogens with zero attached hydrogens (tertiary/aromatic N) is 3. The molecule has 10 heteroatoms. The van der Waals surface area contributed by atoms with Crippen LogP contribution in [0.15, 0.2) is 35.6 Å². The molecular weight excluding hydrogens is 342 g/mol. The van der Waals surface area contributed by atoms with Gasteiger partial charge in [-0.05, 0) is 12.1 Å². The number of hydrogen-bond acceptors (Lipinski definition) is 5. The van der Waals surface area contributed by atoms with Crippen molar-refractivity contribution >= 4 is 15.9 Å². The van der Waals surface area contributed by atoms with E-state index in [-0.39, 0.29) is 13.1 Å². The molecule has 0 bridgehead atoms. The first-order valence-corrected chi connectivity index (χ1v) is 8.36. The highest BCUT2D eigenvalue weighted by atomic mass is 32.2. The molecule has 0 atom stereocenters. The number of rotatable bonds is 4. The molecular formula is C14H12F2N4O3S. The molecule has 0 unspecified atom stereocenters. The van der Waals surface area contributed by atoms with Crippen LogP contribution in [0.5, 0.6) is 0 Å². The van der Waals surface area contributed by atoms with Gasteiger partial charge in [-0.1, -0.05) is 6.07 Å². The van der Waals surface area contributed by atoms with Crippen molar-refractivity contribution in [3.8, 4) is 0 Å². The van der Waals surface area contributed by atoms with E-state index in [0.29, 0.717) is 5.69 Å². The van der Waals surface area contributed by atoms with E-state index in [1.54, 1.807) is 6.20 Å². The third-order valence-electron chi connectivity index (χ3n) is 3.54. The van der Waals surface area contributed by atoms with Crippen LogP contribution in [0.2, 0.25) is 0 Å². The molecule has 1 N–H and O–H groups in total. The van der Waals surface area contributed by atoms with E-state index >= 15 is 0 Å². The summed E-state index contributed by atoms with van der Waals surface area (Å²) in [5.74, 6) is -2.98. The van der Waals surface area contributed by atoms with Gasteiger partial charge in [0, 0.05) is 18.3 Å². The van der Waals surface area contributed by atoms with Crippen LogP contribution in [0.25, 0.3) is 0 Å². The Hall–Kier alpha value is -2.46. The lowest BCUT2D eigenvalue weighted by atomic mass is 10.3. The number of fused-ring (bicyclic) bond motifs is 1. The summed E-state index contributed by atoms with van der Waals surface area (Å²) < 4.78 is 53.1. The van der Waals surface area contributed by atoms with Crippen molar-refractivity contribution in [3.63, 3.8) is 0 Å². The first-order chi connectivity index (χ1) is 11.4. The number of halogens is 2. The van der Waals surface area contributed by atoms with Crippen molar-refractivity contribution < 1.29 is 22.0 Å². The molecule has 2 heterocycles. The lowest BCUT2D eigenvalue weighted by molar-refractivity contribution is -0.130. The molecule has 24 heavy (non-hydrogen) atoms. The number of carbonyl (C=O) groups is 1. The van der Waals surface area contributed by atoms with Gasteiger partial charge in [-0.25, -0.2) is 31.9 Å². The molecule has 2 aromatic rings. The number of hydrogen-bond donors (Lipinski definition) is 1. The van der Waals surface area contributed by atoms with Crippen molar-refractivity contribution in [2.75, 3.05) is 6.54 Å². The van der Waals surface area contributed by atoms with Gasteiger partial charge in [0.15, 0.2) is 4.90 Å². The van der Waals surface area contributed by atoms with E-state index in [0.717, 1.165) is 23.8 Å². The Labute approximate surface area is 136 Å². The molecule has 0 aliphatic carbocycles. The van der Waals surface area contributed by atoms with E-state index in [1.807, 2.05) is 4.72 Å². The summed E-state index contributed by atoms with van der Waals surface area (Å²) in [6, 6.07) is 2.71. The molecule has 1 aliphatic rings. The minimum atomic E-state index is -4.49. The summed E-state index contributed by atoms with van der Waals surface area (Å²) in [7, 11) is -4.49. The lowest BCUT2D eigenvalue weighted by Crippen LogP contribution is -2.38. The molecule has 0 fully saturated rings. The minimum absolute atomic E-state index is 0.229. The maximum absolute atomic E-state index is 13.6. The Bertz CT molecular complexity index is 859. The Balaban J connectivity index is 1.69. The van der Waals surface area contributed by atoms with Crippen LogP contribution < -0.4 is 4.72 Å². The lowest BCUT2D eigenvalue weighted by Gasteiger charge is -2.15. The smallest absolute Gasteiger partial charge is 0.246 e. The zero-order chi connectivity index (χ0) is 17.3. The van der Waals surface area contributed by atoms with Crippen LogP contribution in [0, 0.1) is 11.6 Å². The molecule has 1 amide bonds. The molecule has 7 nitrogen and oxygen atoms in total. The van der Waals surface area contributed by atoms with Crippen molar-refractivity contribution in [2.45, 2.75) is 18.0 Å². The molecule has 3 rings (SSSR count). The number of sulfonamides is 1. The molecule has 1 aromatic heterocycles. The van der Waals surface area contributed by atoms with Crippen molar-refractivity contribution in [1.82, 2.24) is 19.6 Å². The van der Waals surface area contributed by atoms with Crippen molar-refractivity contribution in [1.29, 1.82) is 0 Å². The van der Waals surface area contributed by atoms with Gasteiger partial charge in [-0.3, -0.25) is 4.79 Å². The number of carbonyl (C=O) groups excluding carboxylic acids is 1. The molecule has 0 saturated heterocycles. The predicted molar refractivity (Wildman–Crippen MR) is 77.8 cm³/mol. The van der Waals surface area contributed by atoms with Crippen LogP contribution in [-0.2, 0) is 27.9 Å². The maximum Gasteiger partial charge on any atom is 0.246 e. The fourth-order valence-electron chi connectivity index (χ4n) is 2.36. The van der Waals surface area contributed by atoms with Gasteiger partial charge in [0.2, 0.25) is 15.9 Å². The monoisotopic (exact) mass is 354 g/mol. The van der Waals surface area contributed by atoms with Gasteiger partial charge in [0.25, 0.3) is 0 Å². The molecule has 1 aromatic carbocycles. The summed E-state index contributed by atoms with van der Waals surface area (Å²) >= 11 is 0. The minimum Gasteiger partial charge on any atom is -0.331 e. The summed E-state index contributed by atoms with van der Waals surface area (Å²) in [5, 5.41) is 0. The first kappa shape index (κ1) is 16.4. The van der Waals surface area contributed by atoms with Gasteiger partial charge in [-0.2, -0.15) is 0 Å². The van der Waals surface area contributed by atoms with E-state index in [4.69, 9.17) is 0 Å². The van der Waals surface area contributed by atoms with Gasteiger partial charge in [0.1, 0.15) is 18.0 Å². The van der Waals surface area contributed by atoms with Crippen LogP contribution >= 0.6 is 0 Å². The normalized spacial score (nSPS) is 13.8. The van der Waals surface area contributed by atoms with Gasteiger partial charge in [-0.15, -0.1) is 0 Å². The second kappa shape index (κ2) is 6.21. The number of amides is 1. The Kier molecular flexibility index (Phi) is 4.24. The standard InChI is InChI=1S/C14H12F2N4O3S/c15-10-2-1-3-11(16)14(10)24(22,23)19-5-13(21)20-6-9-4-17-8-18-12(9)7-20/h1-4,8,19H,5-7H2. The highest BCUT2D eigenvalue weighted by molar-refractivity contribution is 7.89. The van der Waals surface area contributed by atoms with Crippen LogP contribution in [0.3, 0.4) is 0 Å². The van der Waals surface area contributed by atoms with Gasteiger partial charge < -0.3 is 4.90 Å². The Morgan fingerprint density at radius 2 is 1.96 bits per heavy atom. The zero-order valence-corrected chi connectivity index (χ0v) is 13.1. The highest BCUT2D eigenvalue weighted by Gasteiger charge is 2.28. The van der Waals surface area contributed by atoms with E-state index in [2.05, 4.69) is 9.97 Å². The fourth-order valence-corrected chi connectivity index (χ4v) is 3.46. The summed E-state index contributed by atoms with van der Waals surface area (Å²) in [6.45, 7) is -0.130. The molecule has 1 aliphatic heterocycles. The largest absolute Gasteiger partial charge is 0.331 e. The first-order valence-electron chi connectivity index (χ1n) is 6.87. The van der Waals surface area contributed by atoms with E-state index < -0.39 is 39.0 Å². The maximum atomic E-state index is 13.6. The van der Waals surface area contributed by atoms with Crippen LogP contribution in [0.4, 0.5) is 8.78 Å². The van der Waals surface area contributed by atoms with E-state index in [1.165, 1.54) is 11.2 Å². The van der Waals surface area contributed by atoms with Crippen LogP contribution in [-0.4, -0.2) is 35.7 Å².